The van der Waals surface area contributed by atoms with Gasteiger partial charge < -0.3 is 26.8 Å². The molecule has 0 aliphatic rings. The van der Waals surface area contributed by atoms with E-state index in [0.29, 0.717) is 6.42 Å². The van der Waals surface area contributed by atoms with Crippen LogP contribution in [0.15, 0.2) is 0 Å². The Bertz CT molecular complexity index is 509. The maximum Gasteiger partial charge on any atom is 0.326 e. The summed E-state index contributed by atoms with van der Waals surface area (Å²) in [7, 11) is 0. The van der Waals surface area contributed by atoms with Crippen LogP contribution < -0.4 is 21.7 Å². The summed E-state index contributed by atoms with van der Waals surface area (Å²) in [6.07, 6.45) is 0.884. The second-order valence-corrected chi connectivity index (χ2v) is 6.89. The largest absolute Gasteiger partial charge is 0.480 e. The van der Waals surface area contributed by atoms with Crippen molar-refractivity contribution in [3.8, 4) is 0 Å². The first-order valence-corrected chi connectivity index (χ1v) is 8.86. The Morgan fingerprint density at radius 1 is 0.962 bits per heavy atom. The lowest BCUT2D eigenvalue weighted by Gasteiger charge is -2.27. The van der Waals surface area contributed by atoms with Crippen LogP contribution in [0.1, 0.15) is 47.5 Å². The lowest BCUT2D eigenvalue weighted by molar-refractivity contribution is -0.143. The molecule has 0 aromatic heterocycles. The number of carbonyl (C=O) groups excluding carboxylic acids is 3. The Labute approximate surface area is 154 Å². The fraction of sp³-hybridized carbons (Fsp3) is 0.765. The van der Waals surface area contributed by atoms with Crippen LogP contribution in [0, 0.1) is 11.8 Å². The van der Waals surface area contributed by atoms with Crippen LogP contribution in [-0.2, 0) is 19.2 Å². The Hall–Kier alpha value is -2.16. The first-order chi connectivity index (χ1) is 12.0. The summed E-state index contributed by atoms with van der Waals surface area (Å²) < 4.78 is 0. The van der Waals surface area contributed by atoms with Gasteiger partial charge in [0.1, 0.15) is 18.1 Å². The lowest BCUT2D eigenvalue weighted by atomic mass is 9.96. The number of carboxylic acid groups (broad SMARTS) is 1. The fourth-order valence-corrected chi connectivity index (χ4v) is 2.30. The van der Waals surface area contributed by atoms with Crippen LogP contribution in [0.3, 0.4) is 0 Å². The molecule has 0 spiro atoms. The number of hydrogen-bond acceptors (Lipinski definition) is 5. The molecule has 0 aliphatic carbocycles. The smallest absolute Gasteiger partial charge is 0.326 e. The summed E-state index contributed by atoms with van der Waals surface area (Å²) in [4.78, 5) is 47.5. The summed E-state index contributed by atoms with van der Waals surface area (Å²) in [5.74, 6) is -2.84. The van der Waals surface area contributed by atoms with Crippen LogP contribution in [0.25, 0.3) is 0 Å². The monoisotopic (exact) mass is 372 g/mol. The molecule has 4 unspecified atom stereocenters. The molecule has 0 fully saturated rings. The van der Waals surface area contributed by atoms with E-state index in [0.717, 1.165) is 0 Å². The number of nitrogens with one attached hydrogen (secondary N) is 3. The quantitative estimate of drug-likeness (QED) is 0.333. The minimum atomic E-state index is -1.12. The van der Waals surface area contributed by atoms with E-state index in [4.69, 9.17) is 5.73 Å². The molecule has 0 aromatic rings. The van der Waals surface area contributed by atoms with Crippen molar-refractivity contribution in [2.24, 2.45) is 17.6 Å². The molecule has 9 heteroatoms. The lowest BCUT2D eigenvalue weighted by Crippen LogP contribution is -2.57. The highest BCUT2D eigenvalue weighted by molar-refractivity contribution is 5.93. The Kier molecular flexibility index (Phi) is 10.5. The van der Waals surface area contributed by atoms with Gasteiger partial charge in [-0.25, -0.2) is 4.79 Å². The van der Waals surface area contributed by atoms with Crippen LogP contribution in [0.4, 0.5) is 0 Å². The van der Waals surface area contributed by atoms with Crippen LogP contribution >= 0.6 is 0 Å². The maximum atomic E-state index is 12.6. The maximum absolute atomic E-state index is 12.6. The molecule has 26 heavy (non-hydrogen) atoms. The van der Waals surface area contributed by atoms with Gasteiger partial charge in [0, 0.05) is 0 Å². The van der Waals surface area contributed by atoms with Crippen LogP contribution in [0.5, 0.6) is 0 Å². The highest BCUT2D eigenvalue weighted by Crippen LogP contribution is 2.11. The minimum absolute atomic E-state index is 0.0829. The molecule has 4 atom stereocenters. The Balaban J connectivity index is 5.12. The second kappa shape index (κ2) is 11.5. The highest BCUT2D eigenvalue weighted by atomic mass is 16.4. The van der Waals surface area contributed by atoms with Crippen molar-refractivity contribution in [2.45, 2.75) is 65.6 Å². The molecule has 0 radical (unpaired) electrons. The third kappa shape index (κ3) is 8.28. The van der Waals surface area contributed by atoms with E-state index >= 15 is 0 Å². The summed E-state index contributed by atoms with van der Waals surface area (Å²) >= 11 is 0. The molecule has 0 rings (SSSR count). The topological polar surface area (TPSA) is 151 Å². The van der Waals surface area contributed by atoms with E-state index in [1.165, 1.54) is 6.92 Å². The Morgan fingerprint density at radius 3 is 1.96 bits per heavy atom. The van der Waals surface area contributed by atoms with Crippen molar-refractivity contribution >= 4 is 23.7 Å². The predicted molar refractivity (Wildman–Crippen MR) is 97.1 cm³/mol. The normalized spacial score (nSPS) is 15.5. The van der Waals surface area contributed by atoms with Crippen molar-refractivity contribution < 1.29 is 24.3 Å². The molecule has 0 aliphatic heterocycles. The highest BCUT2D eigenvalue weighted by Gasteiger charge is 2.31. The fourth-order valence-electron chi connectivity index (χ4n) is 2.30. The molecule has 6 N–H and O–H groups in total. The number of aliphatic carboxylic acids is 1. The van der Waals surface area contributed by atoms with E-state index in [9.17, 15) is 24.3 Å². The number of rotatable bonds is 11. The van der Waals surface area contributed by atoms with Gasteiger partial charge >= 0.3 is 5.97 Å². The van der Waals surface area contributed by atoms with Gasteiger partial charge in [0.2, 0.25) is 17.7 Å². The third-order valence-electron chi connectivity index (χ3n) is 4.07. The number of amides is 3. The molecular formula is C17H32N4O5. The standard InChI is InChI=1S/C17H32N4O5/c1-6-10(4)14(21-15(23)11(5)19-13(22)8-18)16(24)20-12(17(25)26)7-9(2)3/h9-12,14H,6-8,18H2,1-5H3,(H,19,22)(H,20,24)(H,21,23)(H,25,26). The molecule has 0 heterocycles. The molecule has 0 aromatic carbocycles. The minimum Gasteiger partial charge on any atom is -0.480 e. The van der Waals surface area contributed by atoms with E-state index in [1.807, 2.05) is 20.8 Å². The van der Waals surface area contributed by atoms with Gasteiger partial charge in [-0.1, -0.05) is 34.1 Å². The van der Waals surface area contributed by atoms with Gasteiger partial charge in [-0.05, 0) is 25.2 Å². The van der Waals surface area contributed by atoms with Gasteiger partial charge in [0.25, 0.3) is 0 Å². The molecule has 0 bridgehead atoms. The molecule has 9 nitrogen and oxygen atoms in total. The first kappa shape index (κ1) is 23.8. The molecule has 3 amide bonds. The van der Waals surface area contributed by atoms with Gasteiger partial charge in [-0.3, -0.25) is 14.4 Å². The van der Waals surface area contributed by atoms with Gasteiger partial charge in [0.05, 0.1) is 6.54 Å². The number of carbonyl (C=O) groups is 4. The van der Waals surface area contributed by atoms with Gasteiger partial charge in [-0.15, -0.1) is 0 Å². The summed E-state index contributed by atoms with van der Waals surface area (Å²) in [5.41, 5.74) is 5.20. The van der Waals surface area contributed by atoms with E-state index in [2.05, 4.69) is 16.0 Å². The summed E-state index contributed by atoms with van der Waals surface area (Å²) in [6.45, 7) is 8.59. The average molecular weight is 372 g/mol. The van der Waals surface area contributed by atoms with E-state index in [-0.39, 0.29) is 24.8 Å². The summed E-state index contributed by atoms with van der Waals surface area (Å²) in [5, 5.41) is 16.8. The summed E-state index contributed by atoms with van der Waals surface area (Å²) in [6, 6.07) is -2.80. The molecule has 0 saturated carbocycles. The average Bonchev–Trinajstić information content (AvgIpc) is 2.57. The van der Waals surface area contributed by atoms with E-state index in [1.54, 1.807) is 6.92 Å². The predicted octanol–water partition coefficient (Wildman–Crippen LogP) is -0.404. The molecule has 0 saturated heterocycles. The SMILES string of the molecule is CCC(C)C(NC(=O)C(C)NC(=O)CN)C(=O)NC(CC(C)C)C(=O)O. The zero-order valence-corrected chi connectivity index (χ0v) is 16.2. The van der Waals surface area contributed by atoms with Crippen LogP contribution in [-0.4, -0.2) is 53.5 Å². The van der Waals surface area contributed by atoms with E-state index < -0.39 is 41.8 Å². The van der Waals surface area contributed by atoms with Crippen molar-refractivity contribution in [3.05, 3.63) is 0 Å². The Morgan fingerprint density at radius 2 is 1.54 bits per heavy atom. The zero-order chi connectivity index (χ0) is 20.4. The van der Waals surface area contributed by atoms with Crippen LogP contribution in [0.2, 0.25) is 0 Å². The third-order valence-corrected chi connectivity index (χ3v) is 4.07. The van der Waals surface area contributed by atoms with Gasteiger partial charge in [0.15, 0.2) is 0 Å². The number of hydrogen-bond donors (Lipinski definition) is 5. The van der Waals surface area contributed by atoms with Crippen molar-refractivity contribution in [3.63, 3.8) is 0 Å². The second-order valence-electron chi connectivity index (χ2n) is 6.89. The zero-order valence-electron chi connectivity index (χ0n) is 16.2. The molecular weight excluding hydrogens is 340 g/mol. The molecule has 150 valence electrons. The number of nitrogens with two attached hydrogens (primary N) is 1. The van der Waals surface area contributed by atoms with Crippen molar-refractivity contribution in [1.29, 1.82) is 0 Å². The first-order valence-electron chi connectivity index (χ1n) is 8.86. The number of carboxylic acids is 1. The van der Waals surface area contributed by atoms with Crippen molar-refractivity contribution in [1.82, 2.24) is 16.0 Å². The van der Waals surface area contributed by atoms with Gasteiger partial charge in [-0.2, -0.15) is 0 Å². The van der Waals surface area contributed by atoms with Crippen molar-refractivity contribution in [2.75, 3.05) is 6.54 Å².